The zero-order valence-electron chi connectivity index (χ0n) is 12.3. The number of hydrogen-bond donors (Lipinski definition) is 2. The maximum atomic E-state index is 10.6. The fraction of sp³-hybridized carbons (Fsp3) is 0.250. The number of nitro benzene ring substituents is 1. The molecule has 0 bridgehead atoms. The minimum Gasteiger partial charge on any atom is -0.382 e. The van der Waals surface area contributed by atoms with Crippen LogP contribution in [0.1, 0.15) is 17.2 Å². The molecule has 2 rings (SSSR count). The summed E-state index contributed by atoms with van der Waals surface area (Å²) in [5, 5.41) is 22.7. The number of thioether (sulfide) groups is 1. The zero-order valence-corrected chi connectivity index (χ0v) is 13.1. The van der Waals surface area contributed by atoms with Gasteiger partial charge < -0.3 is 10.4 Å². The number of aliphatic hydroxyl groups excluding tert-OH is 1. The lowest BCUT2D eigenvalue weighted by Gasteiger charge is -2.10. The van der Waals surface area contributed by atoms with Crippen LogP contribution in [0.2, 0.25) is 0 Å². The Morgan fingerprint density at radius 1 is 1.18 bits per heavy atom. The van der Waals surface area contributed by atoms with Crippen molar-refractivity contribution in [2.45, 2.75) is 17.5 Å². The Kier molecular flexibility index (Phi) is 5.94. The summed E-state index contributed by atoms with van der Waals surface area (Å²) in [6, 6.07) is 14.4. The molecule has 22 heavy (non-hydrogen) atoms. The number of quaternary nitrogens is 1. The quantitative estimate of drug-likeness (QED) is 0.465. The first-order valence-electron chi connectivity index (χ1n) is 6.97. The Balaban J connectivity index is 1.83. The molecule has 5 nitrogen and oxygen atoms in total. The van der Waals surface area contributed by atoms with Crippen LogP contribution in [0.3, 0.4) is 0 Å². The van der Waals surface area contributed by atoms with Crippen molar-refractivity contribution >= 4 is 17.4 Å². The predicted molar refractivity (Wildman–Crippen MR) is 86.8 cm³/mol. The molecule has 0 spiro atoms. The molecule has 0 fully saturated rings. The average Bonchev–Trinajstić information content (AvgIpc) is 2.55. The van der Waals surface area contributed by atoms with Crippen LogP contribution in [-0.4, -0.2) is 22.8 Å². The standard InChI is InChI=1S/C16H18N2O3S/c1-22-15-8-2-12(3-9-15)10-17-11-16(19)13-4-6-14(7-5-13)18(20)21/h2-9,16-17,19H,10-11H2,1H3/p+1/t16-/m0/s1. The van der Waals surface area contributed by atoms with Crippen LogP contribution in [-0.2, 0) is 6.54 Å². The van der Waals surface area contributed by atoms with Crippen LogP contribution in [0.25, 0.3) is 0 Å². The van der Waals surface area contributed by atoms with Crippen molar-refractivity contribution in [3.05, 3.63) is 69.8 Å². The number of aliphatic hydroxyl groups is 1. The number of nitrogens with two attached hydrogens (primary N) is 1. The van der Waals surface area contributed by atoms with Gasteiger partial charge in [-0.25, -0.2) is 0 Å². The first-order chi connectivity index (χ1) is 10.6. The highest BCUT2D eigenvalue weighted by molar-refractivity contribution is 7.98. The van der Waals surface area contributed by atoms with E-state index in [1.165, 1.54) is 22.6 Å². The van der Waals surface area contributed by atoms with E-state index < -0.39 is 11.0 Å². The van der Waals surface area contributed by atoms with Crippen LogP contribution in [0.15, 0.2) is 53.4 Å². The number of nitro groups is 1. The van der Waals surface area contributed by atoms with Crippen molar-refractivity contribution < 1.29 is 15.3 Å². The molecule has 2 aromatic carbocycles. The van der Waals surface area contributed by atoms with Crippen LogP contribution in [0, 0.1) is 10.1 Å². The molecule has 0 saturated carbocycles. The van der Waals surface area contributed by atoms with E-state index in [-0.39, 0.29) is 5.69 Å². The van der Waals surface area contributed by atoms with Crippen molar-refractivity contribution in [2.24, 2.45) is 0 Å². The Labute approximate surface area is 133 Å². The maximum Gasteiger partial charge on any atom is 0.269 e. The largest absolute Gasteiger partial charge is 0.382 e. The number of nitrogens with zero attached hydrogens (tertiary/aromatic N) is 1. The number of non-ortho nitro benzene ring substituents is 1. The minimum atomic E-state index is -0.633. The summed E-state index contributed by atoms with van der Waals surface area (Å²) in [4.78, 5) is 11.4. The molecule has 2 aromatic rings. The smallest absolute Gasteiger partial charge is 0.269 e. The highest BCUT2D eigenvalue weighted by atomic mass is 32.2. The molecule has 0 amide bonds. The molecule has 116 valence electrons. The van der Waals surface area contributed by atoms with Gasteiger partial charge in [0.2, 0.25) is 0 Å². The summed E-state index contributed by atoms with van der Waals surface area (Å²) in [5.41, 5.74) is 1.93. The Morgan fingerprint density at radius 3 is 2.36 bits per heavy atom. The van der Waals surface area contributed by atoms with E-state index in [2.05, 4.69) is 24.3 Å². The van der Waals surface area contributed by atoms with Gasteiger partial charge in [-0.2, -0.15) is 0 Å². The molecular formula is C16H19N2O3S+. The second-order valence-electron chi connectivity index (χ2n) is 4.94. The summed E-state index contributed by atoms with van der Waals surface area (Å²) in [7, 11) is 0. The van der Waals surface area contributed by atoms with Crippen LogP contribution >= 0.6 is 11.8 Å². The van der Waals surface area contributed by atoms with E-state index in [4.69, 9.17) is 0 Å². The van der Waals surface area contributed by atoms with E-state index in [1.807, 2.05) is 11.6 Å². The molecule has 0 aromatic heterocycles. The number of rotatable bonds is 7. The third-order valence-corrected chi connectivity index (χ3v) is 4.16. The monoisotopic (exact) mass is 319 g/mol. The second-order valence-corrected chi connectivity index (χ2v) is 5.82. The predicted octanol–water partition coefficient (Wildman–Crippen LogP) is 2.11. The first kappa shape index (κ1) is 16.5. The van der Waals surface area contributed by atoms with Gasteiger partial charge in [0, 0.05) is 22.6 Å². The zero-order chi connectivity index (χ0) is 15.9. The van der Waals surface area contributed by atoms with Gasteiger partial charge in [0.1, 0.15) is 19.2 Å². The molecule has 0 radical (unpaired) electrons. The third-order valence-electron chi connectivity index (χ3n) is 3.42. The van der Waals surface area contributed by atoms with Crippen molar-refractivity contribution in [2.75, 3.05) is 12.8 Å². The lowest BCUT2D eigenvalue weighted by atomic mass is 10.1. The molecule has 0 heterocycles. The van der Waals surface area contributed by atoms with Gasteiger partial charge in [0.05, 0.1) is 4.92 Å². The molecule has 0 unspecified atom stereocenters. The molecular weight excluding hydrogens is 300 g/mol. The van der Waals surface area contributed by atoms with E-state index in [0.717, 1.165) is 6.54 Å². The lowest BCUT2D eigenvalue weighted by Crippen LogP contribution is -2.83. The SMILES string of the molecule is CSc1ccc(C[NH2+]C[C@H](O)c2ccc([N+](=O)[O-])cc2)cc1. The molecule has 0 saturated heterocycles. The van der Waals surface area contributed by atoms with Crippen molar-refractivity contribution in [3.63, 3.8) is 0 Å². The highest BCUT2D eigenvalue weighted by Gasteiger charge is 2.12. The maximum absolute atomic E-state index is 10.6. The fourth-order valence-corrected chi connectivity index (χ4v) is 2.53. The summed E-state index contributed by atoms with van der Waals surface area (Å²) in [6.07, 6.45) is 1.41. The van der Waals surface area contributed by atoms with Crippen LogP contribution < -0.4 is 5.32 Å². The van der Waals surface area contributed by atoms with Gasteiger partial charge in [0.25, 0.3) is 5.69 Å². The van der Waals surface area contributed by atoms with Crippen molar-refractivity contribution in [3.8, 4) is 0 Å². The van der Waals surface area contributed by atoms with Gasteiger partial charge in [-0.1, -0.05) is 12.1 Å². The van der Waals surface area contributed by atoms with E-state index in [0.29, 0.717) is 12.1 Å². The Bertz CT molecular complexity index is 614. The Hall–Kier alpha value is -1.89. The lowest BCUT2D eigenvalue weighted by molar-refractivity contribution is -0.677. The molecule has 6 heteroatoms. The van der Waals surface area contributed by atoms with Crippen molar-refractivity contribution in [1.29, 1.82) is 0 Å². The summed E-state index contributed by atoms with van der Waals surface area (Å²) in [5.74, 6) is 0. The van der Waals surface area contributed by atoms with E-state index in [1.54, 1.807) is 23.9 Å². The molecule has 0 aliphatic rings. The second kappa shape index (κ2) is 7.93. The normalized spacial score (nSPS) is 12.1. The van der Waals surface area contributed by atoms with Gasteiger partial charge in [-0.3, -0.25) is 10.1 Å². The van der Waals surface area contributed by atoms with Gasteiger partial charge in [-0.15, -0.1) is 11.8 Å². The van der Waals surface area contributed by atoms with Gasteiger partial charge in [-0.05, 0) is 36.1 Å². The third kappa shape index (κ3) is 4.56. The summed E-state index contributed by atoms with van der Waals surface area (Å²) >= 11 is 1.71. The average molecular weight is 319 g/mol. The number of hydrogen-bond acceptors (Lipinski definition) is 4. The molecule has 0 aliphatic carbocycles. The summed E-state index contributed by atoms with van der Waals surface area (Å²) < 4.78 is 0. The van der Waals surface area contributed by atoms with Gasteiger partial charge in [0.15, 0.2) is 0 Å². The van der Waals surface area contributed by atoms with Crippen LogP contribution in [0.4, 0.5) is 5.69 Å². The summed E-state index contributed by atoms with van der Waals surface area (Å²) in [6.45, 7) is 1.31. The minimum absolute atomic E-state index is 0.0359. The Morgan fingerprint density at radius 2 is 1.82 bits per heavy atom. The van der Waals surface area contributed by atoms with E-state index in [9.17, 15) is 15.2 Å². The molecule has 1 atom stereocenters. The number of benzene rings is 2. The first-order valence-corrected chi connectivity index (χ1v) is 8.19. The topological polar surface area (TPSA) is 80.0 Å². The van der Waals surface area contributed by atoms with Crippen LogP contribution in [0.5, 0.6) is 0 Å². The van der Waals surface area contributed by atoms with E-state index >= 15 is 0 Å². The highest BCUT2D eigenvalue weighted by Crippen LogP contribution is 2.17. The van der Waals surface area contributed by atoms with Crippen molar-refractivity contribution in [1.82, 2.24) is 0 Å². The van der Waals surface area contributed by atoms with Gasteiger partial charge >= 0.3 is 0 Å². The molecule has 0 aliphatic heterocycles. The fourth-order valence-electron chi connectivity index (χ4n) is 2.12. The molecule has 3 N–H and O–H groups in total.